The first-order valence-electron chi connectivity index (χ1n) is 8.59. The van der Waals surface area contributed by atoms with E-state index in [0.717, 1.165) is 25.7 Å². The number of carbonyl (C=O) groups excluding carboxylic acids is 1. The number of hydrogen-bond donors (Lipinski definition) is 1. The highest BCUT2D eigenvalue weighted by atomic mass is 79.9. The molecule has 0 unspecified atom stereocenters. The van der Waals surface area contributed by atoms with Crippen molar-refractivity contribution in [1.29, 1.82) is 0 Å². The first-order valence-corrected chi connectivity index (χ1v) is 9.77. The Kier molecular flexibility index (Phi) is 8.13. The minimum Gasteiger partial charge on any atom is -0.493 e. The number of esters is 1. The molecule has 2 aromatic rings. The van der Waals surface area contributed by atoms with E-state index in [4.69, 9.17) is 21.1 Å². The molecule has 2 rings (SSSR count). The van der Waals surface area contributed by atoms with E-state index in [1.165, 1.54) is 18.2 Å². The SMILES string of the molecule is CCCCCCOc1ccc(Br)cc1C(=O)Oc1ccc(Cl)cc1C(=O)O. The van der Waals surface area contributed by atoms with E-state index in [-0.39, 0.29) is 21.9 Å². The van der Waals surface area contributed by atoms with Crippen molar-refractivity contribution in [3.8, 4) is 11.5 Å². The van der Waals surface area contributed by atoms with Crippen LogP contribution in [0.2, 0.25) is 5.02 Å². The van der Waals surface area contributed by atoms with Gasteiger partial charge >= 0.3 is 11.9 Å². The number of benzene rings is 2. The largest absolute Gasteiger partial charge is 0.493 e. The molecule has 27 heavy (non-hydrogen) atoms. The third-order valence-electron chi connectivity index (χ3n) is 3.79. The second-order valence-electron chi connectivity index (χ2n) is 5.88. The van der Waals surface area contributed by atoms with Gasteiger partial charge in [0, 0.05) is 9.50 Å². The summed E-state index contributed by atoms with van der Waals surface area (Å²) in [6.07, 6.45) is 4.20. The number of carboxylic acid groups (broad SMARTS) is 1. The van der Waals surface area contributed by atoms with Crippen molar-refractivity contribution >= 4 is 39.5 Å². The molecule has 0 aliphatic carbocycles. The van der Waals surface area contributed by atoms with Crippen LogP contribution in [0.3, 0.4) is 0 Å². The number of halogens is 2. The van der Waals surface area contributed by atoms with Crippen LogP contribution in [0.25, 0.3) is 0 Å². The molecule has 0 atom stereocenters. The van der Waals surface area contributed by atoms with Crippen LogP contribution in [-0.2, 0) is 0 Å². The number of carboxylic acids is 1. The summed E-state index contributed by atoms with van der Waals surface area (Å²) in [6.45, 7) is 2.62. The van der Waals surface area contributed by atoms with Crippen molar-refractivity contribution in [1.82, 2.24) is 0 Å². The topological polar surface area (TPSA) is 72.8 Å². The Morgan fingerprint density at radius 2 is 1.78 bits per heavy atom. The van der Waals surface area contributed by atoms with E-state index in [1.54, 1.807) is 18.2 Å². The zero-order chi connectivity index (χ0) is 19.8. The van der Waals surface area contributed by atoms with Crippen LogP contribution in [0, 0.1) is 0 Å². The zero-order valence-corrected chi connectivity index (χ0v) is 17.2. The third-order valence-corrected chi connectivity index (χ3v) is 4.52. The molecule has 0 fully saturated rings. The number of rotatable bonds is 9. The molecule has 0 heterocycles. The number of unbranched alkanes of at least 4 members (excludes halogenated alkanes) is 3. The van der Waals surface area contributed by atoms with Gasteiger partial charge in [0.2, 0.25) is 0 Å². The number of hydrogen-bond acceptors (Lipinski definition) is 4. The molecule has 0 spiro atoms. The molecule has 0 saturated carbocycles. The van der Waals surface area contributed by atoms with Gasteiger partial charge in [0.15, 0.2) is 0 Å². The average Bonchev–Trinajstić information content (AvgIpc) is 2.63. The van der Waals surface area contributed by atoms with E-state index in [0.29, 0.717) is 16.8 Å². The maximum absolute atomic E-state index is 12.6. The van der Waals surface area contributed by atoms with E-state index in [9.17, 15) is 14.7 Å². The van der Waals surface area contributed by atoms with Crippen molar-refractivity contribution in [2.75, 3.05) is 6.61 Å². The Labute approximate surface area is 171 Å². The van der Waals surface area contributed by atoms with Crippen LogP contribution in [-0.4, -0.2) is 23.7 Å². The summed E-state index contributed by atoms with van der Waals surface area (Å²) >= 11 is 9.15. The minimum atomic E-state index is -1.23. The minimum absolute atomic E-state index is 0.0780. The van der Waals surface area contributed by atoms with Gasteiger partial charge in [-0.3, -0.25) is 0 Å². The van der Waals surface area contributed by atoms with Gasteiger partial charge in [-0.2, -0.15) is 0 Å². The summed E-state index contributed by atoms with van der Waals surface area (Å²) < 4.78 is 11.7. The van der Waals surface area contributed by atoms with E-state index in [2.05, 4.69) is 22.9 Å². The molecule has 1 N–H and O–H groups in total. The smallest absolute Gasteiger partial charge is 0.347 e. The van der Waals surface area contributed by atoms with Crippen LogP contribution >= 0.6 is 27.5 Å². The second-order valence-corrected chi connectivity index (χ2v) is 7.24. The Hall–Kier alpha value is -2.05. The molecule has 0 amide bonds. The summed E-state index contributed by atoms with van der Waals surface area (Å²) in [4.78, 5) is 24.0. The maximum Gasteiger partial charge on any atom is 0.347 e. The summed E-state index contributed by atoms with van der Waals surface area (Å²) in [6, 6.07) is 9.08. The molecule has 144 valence electrons. The molecule has 0 aromatic heterocycles. The van der Waals surface area contributed by atoms with Crippen LogP contribution in [0.1, 0.15) is 53.3 Å². The summed E-state index contributed by atoms with van der Waals surface area (Å²) in [5, 5.41) is 9.52. The van der Waals surface area contributed by atoms with E-state index < -0.39 is 11.9 Å². The van der Waals surface area contributed by atoms with Crippen molar-refractivity contribution in [2.45, 2.75) is 32.6 Å². The van der Waals surface area contributed by atoms with Gasteiger partial charge in [-0.05, 0) is 42.8 Å². The molecular formula is C20H20BrClO5. The highest BCUT2D eigenvalue weighted by molar-refractivity contribution is 9.10. The van der Waals surface area contributed by atoms with E-state index >= 15 is 0 Å². The lowest BCUT2D eigenvalue weighted by Crippen LogP contribution is -2.13. The van der Waals surface area contributed by atoms with Gasteiger partial charge in [-0.25, -0.2) is 9.59 Å². The van der Waals surface area contributed by atoms with Crippen LogP contribution in [0.15, 0.2) is 40.9 Å². The molecule has 0 aliphatic rings. The molecule has 5 nitrogen and oxygen atoms in total. The predicted octanol–water partition coefficient (Wildman–Crippen LogP) is 5.98. The summed E-state index contributed by atoms with van der Waals surface area (Å²) in [5.74, 6) is -1.62. The molecule has 7 heteroatoms. The fourth-order valence-electron chi connectivity index (χ4n) is 2.41. The molecule has 2 aromatic carbocycles. The number of aromatic carboxylic acids is 1. The lowest BCUT2D eigenvalue weighted by atomic mass is 10.2. The van der Waals surface area contributed by atoms with Gasteiger partial charge in [0.05, 0.1) is 6.61 Å². The highest BCUT2D eigenvalue weighted by Crippen LogP contribution is 2.28. The standard InChI is InChI=1S/C20H20BrClO5/c1-2-3-4-5-10-26-17-8-6-13(21)11-16(17)20(25)27-18-9-7-14(22)12-15(18)19(23)24/h6-9,11-12H,2-5,10H2,1H3,(H,23,24). The fourth-order valence-corrected chi connectivity index (χ4v) is 2.94. The Morgan fingerprint density at radius 3 is 2.48 bits per heavy atom. The molecular weight excluding hydrogens is 436 g/mol. The monoisotopic (exact) mass is 454 g/mol. The van der Waals surface area contributed by atoms with Gasteiger partial charge in [-0.15, -0.1) is 0 Å². The second kappa shape index (κ2) is 10.3. The zero-order valence-electron chi connectivity index (χ0n) is 14.8. The summed E-state index contributed by atoms with van der Waals surface area (Å²) in [5.41, 5.74) is 0.0269. The lowest BCUT2D eigenvalue weighted by Gasteiger charge is -2.13. The number of carbonyl (C=O) groups is 2. The molecule has 0 aliphatic heterocycles. The predicted molar refractivity (Wildman–Crippen MR) is 107 cm³/mol. The first-order chi connectivity index (χ1) is 12.9. The van der Waals surface area contributed by atoms with Gasteiger partial charge in [0.1, 0.15) is 22.6 Å². The van der Waals surface area contributed by atoms with E-state index in [1.807, 2.05) is 0 Å². The normalized spacial score (nSPS) is 10.5. The lowest BCUT2D eigenvalue weighted by molar-refractivity contribution is 0.0680. The van der Waals surface area contributed by atoms with Gasteiger partial charge in [-0.1, -0.05) is 53.7 Å². The molecule has 0 bridgehead atoms. The molecule has 0 saturated heterocycles. The number of ether oxygens (including phenoxy) is 2. The highest BCUT2D eigenvalue weighted by Gasteiger charge is 2.20. The Bertz CT molecular complexity index is 822. The first kappa shape index (κ1) is 21.3. The quantitative estimate of drug-likeness (QED) is 0.286. The van der Waals surface area contributed by atoms with Gasteiger partial charge in [0.25, 0.3) is 0 Å². The van der Waals surface area contributed by atoms with Crippen molar-refractivity contribution in [3.63, 3.8) is 0 Å². The van der Waals surface area contributed by atoms with Crippen molar-refractivity contribution in [2.24, 2.45) is 0 Å². The van der Waals surface area contributed by atoms with Crippen molar-refractivity contribution < 1.29 is 24.2 Å². The fraction of sp³-hybridized carbons (Fsp3) is 0.300. The Balaban J connectivity index is 2.18. The van der Waals surface area contributed by atoms with Crippen LogP contribution in [0.4, 0.5) is 0 Å². The van der Waals surface area contributed by atoms with Gasteiger partial charge < -0.3 is 14.6 Å². The van der Waals surface area contributed by atoms with Crippen LogP contribution in [0.5, 0.6) is 11.5 Å². The Morgan fingerprint density at radius 1 is 1.04 bits per heavy atom. The van der Waals surface area contributed by atoms with Crippen LogP contribution < -0.4 is 9.47 Å². The van der Waals surface area contributed by atoms with Crippen molar-refractivity contribution in [3.05, 3.63) is 57.0 Å². The third kappa shape index (κ3) is 6.26. The summed E-state index contributed by atoms with van der Waals surface area (Å²) in [7, 11) is 0. The average molecular weight is 456 g/mol. The maximum atomic E-state index is 12.6. The molecule has 0 radical (unpaired) electrons.